The minimum absolute atomic E-state index is 0.226. The molecule has 0 bridgehead atoms. The lowest BCUT2D eigenvalue weighted by Gasteiger charge is -2.22. The zero-order chi connectivity index (χ0) is 12.3. The van der Waals surface area contributed by atoms with Crippen molar-refractivity contribution in [2.24, 2.45) is 11.8 Å². The number of carbonyl (C=O) groups is 1. The molecule has 3 nitrogen and oxygen atoms in total. The SMILES string of the molecule is CC(C)C(C(=O)O)C(O)c1cccc(F)c1. The van der Waals surface area contributed by atoms with Crippen LogP contribution in [0.4, 0.5) is 4.39 Å². The van der Waals surface area contributed by atoms with E-state index in [0.717, 1.165) is 6.07 Å². The van der Waals surface area contributed by atoms with Crippen LogP contribution in [0.5, 0.6) is 0 Å². The number of halogens is 1. The van der Waals surface area contributed by atoms with E-state index in [1.807, 2.05) is 0 Å². The highest BCUT2D eigenvalue weighted by molar-refractivity contribution is 5.71. The summed E-state index contributed by atoms with van der Waals surface area (Å²) >= 11 is 0. The number of aliphatic carboxylic acids is 1. The largest absolute Gasteiger partial charge is 0.481 e. The molecule has 4 heteroatoms. The van der Waals surface area contributed by atoms with E-state index in [0.29, 0.717) is 5.56 Å². The summed E-state index contributed by atoms with van der Waals surface area (Å²) in [6, 6.07) is 5.38. The quantitative estimate of drug-likeness (QED) is 0.827. The fraction of sp³-hybridized carbons (Fsp3) is 0.417. The summed E-state index contributed by atoms with van der Waals surface area (Å²) in [7, 11) is 0. The second-order valence-electron chi connectivity index (χ2n) is 4.11. The minimum atomic E-state index is -1.19. The molecule has 1 aromatic rings. The first kappa shape index (κ1) is 12.6. The van der Waals surface area contributed by atoms with Crippen molar-refractivity contribution in [2.75, 3.05) is 0 Å². The molecule has 16 heavy (non-hydrogen) atoms. The van der Waals surface area contributed by atoms with Crippen LogP contribution < -0.4 is 0 Å². The van der Waals surface area contributed by atoms with E-state index >= 15 is 0 Å². The van der Waals surface area contributed by atoms with Crippen LogP contribution in [0.15, 0.2) is 24.3 Å². The Bertz CT molecular complexity index is 376. The van der Waals surface area contributed by atoms with Crippen LogP contribution in [0.2, 0.25) is 0 Å². The molecule has 0 saturated heterocycles. The van der Waals surface area contributed by atoms with E-state index in [4.69, 9.17) is 5.11 Å². The van der Waals surface area contributed by atoms with Gasteiger partial charge in [0.1, 0.15) is 5.82 Å². The zero-order valence-electron chi connectivity index (χ0n) is 9.22. The van der Waals surface area contributed by atoms with Crippen LogP contribution in [0.25, 0.3) is 0 Å². The van der Waals surface area contributed by atoms with Gasteiger partial charge in [0.25, 0.3) is 0 Å². The van der Waals surface area contributed by atoms with Crippen LogP contribution in [0.1, 0.15) is 25.5 Å². The summed E-state index contributed by atoms with van der Waals surface area (Å²) in [6.07, 6.45) is -1.19. The maximum absolute atomic E-state index is 12.9. The molecule has 0 aliphatic rings. The Morgan fingerprint density at radius 3 is 2.44 bits per heavy atom. The van der Waals surface area contributed by atoms with Gasteiger partial charge in [-0.1, -0.05) is 26.0 Å². The molecule has 2 unspecified atom stereocenters. The number of carboxylic acids is 1. The monoisotopic (exact) mass is 226 g/mol. The third-order valence-corrected chi connectivity index (χ3v) is 2.53. The molecule has 88 valence electrons. The van der Waals surface area contributed by atoms with Crippen molar-refractivity contribution in [2.45, 2.75) is 20.0 Å². The minimum Gasteiger partial charge on any atom is -0.481 e. The molecule has 0 radical (unpaired) electrons. The number of hydrogen-bond donors (Lipinski definition) is 2. The van der Waals surface area contributed by atoms with E-state index < -0.39 is 23.8 Å². The second-order valence-corrected chi connectivity index (χ2v) is 4.11. The van der Waals surface area contributed by atoms with Crippen LogP contribution in [-0.2, 0) is 4.79 Å². The van der Waals surface area contributed by atoms with Crippen LogP contribution >= 0.6 is 0 Å². The molecular formula is C12H15FO3. The smallest absolute Gasteiger partial charge is 0.309 e. The Kier molecular flexibility index (Phi) is 4.01. The van der Waals surface area contributed by atoms with Gasteiger partial charge in [0, 0.05) is 0 Å². The van der Waals surface area contributed by atoms with Gasteiger partial charge in [0.15, 0.2) is 0 Å². The Labute approximate surface area is 93.5 Å². The number of carboxylic acid groups (broad SMARTS) is 1. The van der Waals surface area contributed by atoms with Gasteiger partial charge in [0.2, 0.25) is 0 Å². The van der Waals surface area contributed by atoms with Crippen molar-refractivity contribution in [3.8, 4) is 0 Å². The van der Waals surface area contributed by atoms with Gasteiger partial charge in [-0.15, -0.1) is 0 Å². The van der Waals surface area contributed by atoms with E-state index in [2.05, 4.69) is 0 Å². The average molecular weight is 226 g/mol. The van der Waals surface area contributed by atoms with Crippen molar-refractivity contribution in [3.05, 3.63) is 35.6 Å². The first-order valence-corrected chi connectivity index (χ1v) is 5.09. The summed E-state index contributed by atoms with van der Waals surface area (Å²) in [6.45, 7) is 3.42. The summed E-state index contributed by atoms with van der Waals surface area (Å²) in [5.41, 5.74) is 0.293. The van der Waals surface area contributed by atoms with Crippen LogP contribution in [0, 0.1) is 17.7 Å². The van der Waals surface area contributed by atoms with Crippen molar-refractivity contribution >= 4 is 5.97 Å². The van der Waals surface area contributed by atoms with Gasteiger partial charge in [-0.25, -0.2) is 4.39 Å². The van der Waals surface area contributed by atoms with E-state index in [-0.39, 0.29) is 5.92 Å². The Morgan fingerprint density at radius 2 is 2.00 bits per heavy atom. The third-order valence-electron chi connectivity index (χ3n) is 2.53. The summed E-state index contributed by atoms with van der Waals surface area (Å²) in [5.74, 6) is -2.71. The normalized spacial score (nSPS) is 14.8. The highest BCUT2D eigenvalue weighted by Gasteiger charge is 2.30. The fourth-order valence-electron chi connectivity index (χ4n) is 1.68. The van der Waals surface area contributed by atoms with Crippen molar-refractivity contribution < 1.29 is 19.4 Å². The van der Waals surface area contributed by atoms with E-state index in [9.17, 15) is 14.3 Å². The topological polar surface area (TPSA) is 57.5 Å². The number of hydrogen-bond acceptors (Lipinski definition) is 2. The Balaban J connectivity index is 2.99. The Hall–Kier alpha value is -1.42. The van der Waals surface area contributed by atoms with E-state index in [1.54, 1.807) is 13.8 Å². The molecule has 2 N–H and O–H groups in total. The maximum atomic E-state index is 12.9. The van der Waals surface area contributed by atoms with Gasteiger partial charge < -0.3 is 10.2 Å². The molecule has 0 spiro atoms. The maximum Gasteiger partial charge on any atom is 0.309 e. The van der Waals surface area contributed by atoms with E-state index in [1.165, 1.54) is 18.2 Å². The predicted octanol–water partition coefficient (Wildman–Crippen LogP) is 2.22. The first-order chi connectivity index (χ1) is 7.43. The molecule has 0 amide bonds. The van der Waals surface area contributed by atoms with Gasteiger partial charge in [-0.05, 0) is 23.6 Å². The summed E-state index contributed by atoms with van der Waals surface area (Å²) < 4.78 is 12.9. The lowest BCUT2D eigenvalue weighted by molar-refractivity contribution is -0.148. The van der Waals surface area contributed by atoms with Crippen molar-refractivity contribution in [3.63, 3.8) is 0 Å². The number of aliphatic hydroxyl groups is 1. The standard InChI is InChI=1S/C12H15FO3/c1-7(2)10(12(15)16)11(14)8-4-3-5-9(13)6-8/h3-7,10-11,14H,1-2H3,(H,15,16). The molecule has 0 aliphatic heterocycles. The molecule has 0 fully saturated rings. The average Bonchev–Trinajstić information content (AvgIpc) is 2.16. The molecule has 0 saturated carbocycles. The van der Waals surface area contributed by atoms with Crippen LogP contribution in [-0.4, -0.2) is 16.2 Å². The summed E-state index contributed by atoms with van der Waals surface area (Å²) in [4.78, 5) is 11.0. The highest BCUT2D eigenvalue weighted by atomic mass is 19.1. The predicted molar refractivity (Wildman–Crippen MR) is 57.3 cm³/mol. The molecule has 0 aliphatic carbocycles. The lowest BCUT2D eigenvalue weighted by Crippen LogP contribution is -2.26. The second kappa shape index (κ2) is 5.07. The number of benzene rings is 1. The van der Waals surface area contributed by atoms with Gasteiger partial charge >= 0.3 is 5.97 Å². The van der Waals surface area contributed by atoms with Crippen molar-refractivity contribution in [1.82, 2.24) is 0 Å². The van der Waals surface area contributed by atoms with Gasteiger partial charge in [-0.3, -0.25) is 4.79 Å². The molecule has 0 heterocycles. The highest BCUT2D eigenvalue weighted by Crippen LogP contribution is 2.28. The Morgan fingerprint density at radius 1 is 1.38 bits per heavy atom. The number of rotatable bonds is 4. The molecule has 2 atom stereocenters. The molecule has 1 rings (SSSR count). The van der Waals surface area contributed by atoms with Gasteiger partial charge in [0.05, 0.1) is 12.0 Å². The zero-order valence-corrected chi connectivity index (χ0v) is 9.22. The number of aliphatic hydroxyl groups excluding tert-OH is 1. The third kappa shape index (κ3) is 2.79. The molecular weight excluding hydrogens is 211 g/mol. The lowest BCUT2D eigenvalue weighted by atomic mass is 9.86. The fourth-order valence-corrected chi connectivity index (χ4v) is 1.68. The van der Waals surface area contributed by atoms with Gasteiger partial charge in [-0.2, -0.15) is 0 Å². The molecule has 0 aromatic heterocycles. The van der Waals surface area contributed by atoms with Crippen LogP contribution in [0.3, 0.4) is 0 Å². The molecule has 1 aromatic carbocycles. The summed E-state index contributed by atoms with van der Waals surface area (Å²) in [5, 5.41) is 18.9. The first-order valence-electron chi connectivity index (χ1n) is 5.09. The van der Waals surface area contributed by atoms with Crippen molar-refractivity contribution in [1.29, 1.82) is 0 Å².